The molecule has 164 valence electrons. The summed E-state index contributed by atoms with van der Waals surface area (Å²) in [7, 11) is 0. The molecule has 2 aromatic carbocycles. The summed E-state index contributed by atoms with van der Waals surface area (Å²) in [6, 6.07) is 13.7. The predicted molar refractivity (Wildman–Crippen MR) is 126 cm³/mol. The first-order valence-corrected chi connectivity index (χ1v) is 11.0. The molecule has 0 fully saturated rings. The molecule has 1 aliphatic rings. The molecule has 4 rings (SSSR count). The highest BCUT2D eigenvalue weighted by molar-refractivity contribution is 7.09. The molecule has 3 aromatic rings. The van der Waals surface area contributed by atoms with Crippen molar-refractivity contribution >= 4 is 51.8 Å². The van der Waals surface area contributed by atoms with E-state index in [1.165, 1.54) is 6.92 Å². The van der Waals surface area contributed by atoms with Crippen LogP contribution in [-0.4, -0.2) is 28.7 Å². The number of nitrogens with zero attached hydrogens (tertiary/aromatic N) is 2. The van der Waals surface area contributed by atoms with E-state index >= 15 is 0 Å². The maximum absolute atomic E-state index is 12.9. The molecule has 0 bridgehead atoms. The molecule has 0 saturated heterocycles. The van der Waals surface area contributed by atoms with Crippen molar-refractivity contribution in [1.29, 1.82) is 0 Å². The van der Waals surface area contributed by atoms with E-state index in [4.69, 9.17) is 0 Å². The van der Waals surface area contributed by atoms with Gasteiger partial charge in [-0.25, -0.2) is 4.98 Å². The third-order valence-corrected chi connectivity index (χ3v) is 5.84. The molecule has 0 radical (unpaired) electrons. The van der Waals surface area contributed by atoms with E-state index in [-0.39, 0.29) is 24.1 Å². The third-order valence-electron chi connectivity index (χ3n) is 5.02. The van der Waals surface area contributed by atoms with Crippen LogP contribution in [0.5, 0.6) is 0 Å². The Kier molecular flexibility index (Phi) is 6.18. The van der Waals surface area contributed by atoms with Gasteiger partial charge in [-0.15, -0.1) is 11.3 Å². The lowest BCUT2D eigenvalue weighted by molar-refractivity contribution is -0.122. The number of para-hydroxylation sites is 2. The van der Waals surface area contributed by atoms with Crippen LogP contribution >= 0.6 is 11.3 Å². The second kappa shape index (κ2) is 9.19. The van der Waals surface area contributed by atoms with Gasteiger partial charge in [-0.1, -0.05) is 12.1 Å². The molecule has 0 spiro atoms. The second-order valence-electron chi connectivity index (χ2n) is 7.52. The fourth-order valence-electron chi connectivity index (χ4n) is 3.64. The van der Waals surface area contributed by atoms with Crippen LogP contribution in [0.1, 0.15) is 24.0 Å². The molecule has 1 aromatic heterocycles. The van der Waals surface area contributed by atoms with E-state index < -0.39 is 6.04 Å². The Bertz CT molecular complexity index is 1160. The summed E-state index contributed by atoms with van der Waals surface area (Å²) in [5, 5.41) is 11.3. The van der Waals surface area contributed by atoms with Crippen molar-refractivity contribution in [2.24, 2.45) is 0 Å². The number of fused-ring (bicyclic) bond motifs is 1. The number of anilines is 4. The number of aryl methyl sites for hydroxylation is 1. The van der Waals surface area contributed by atoms with Gasteiger partial charge >= 0.3 is 0 Å². The van der Waals surface area contributed by atoms with E-state index in [0.29, 0.717) is 17.9 Å². The van der Waals surface area contributed by atoms with Crippen molar-refractivity contribution in [3.63, 3.8) is 0 Å². The van der Waals surface area contributed by atoms with Crippen molar-refractivity contribution < 1.29 is 14.4 Å². The van der Waals surface area contributed by atoms with Crippen molar-refractivity contribution in [3.8, 4) is 0 Å². The average Bonchev–Trinajstić information content (AvgIpc) is 3.16. The molecule has 3 N–H and O–H groups in total. The highest BCUT2D eigenvalue weighted by atomic mass is 32.1. The van der Waals surface area contributed by atoms with Crippen molar-refractivity contribution in [2.45, 2.75) is 32.9 Å². The molecule has 8 nitrogen and oxygen atoms in total. The lowest BCUT2D eigenvalue weighted by Gasteiger charge is -2.37. The molecule has 1 unspecified atom stereocenters. The normalized spacial score (nSPS) is 15.0. The standard InChI is InChI=1S/C23H23N5O3S/c1-14(29)24-16-7-9-17(10-8-16)26-22(30)11-21-23(31)27-19-5-3-4-6-20(19)28(21)12-18-13-32-15(2)25-18/h3-10,13,21H,11-12H2,1-2H3,(H,24,29)(H,26,30)(H,27,31). The topological polar surface area (TPSA) is 103 Å². The Hall–Kier alpha value is -3.72. The number of carbonyl (C=O) groups is 3. The predicted octanol–water partition coefficient (Wildman–Crippen LogP) is 3.77. The SMILES string of the molecule is CC(=O)Nc1ccc(NC(=O)CC2C(=O)Nc3ccccc3N2Cc2csc(C)n2)cc1. The maximum atomic E-state index is 12.9. The van der Waals surface area contributed by atoms with Gasteiger partial charge in [0.1, 0.15) is 6.04 Å². The monoisotopic (exact) mass is 449 g/mol. The molecule has 32 heavy (non-hydrogen) atoms. The van der Waals surface area contributed by atoms with Crippen LogP contribution in [0.25, 0.3) is 0 Å². The summed E-state index contributed by atoms with van der Waals surface area (Å²) < 4.78 is 0. The Balaban J connectivity index is 1.51. The minimum absolute atomic E-state index is 0.0171. The minimum atomic E-state index is -0.675. The lowest BCUT2D eigenvalue weighted by atomic mass is 10.0. The van der Waals surface area contributed by atoms with E-state index in [1.807, 2.05) is 41.5 Å². The van der Waals surface area contributed by atoms with Crippen molar-refractivity contribution in [3.05, 3.63) is 64.6 Å². The zero-order valence-electron chi connectivity index (χ0n) is 17.7. The second-order valence-corrected chi connectivity index (χ2v) is 8.58. The summed E-state index contributed by atoms with van der Waals surface area (Å²) in [6.45, 7) is 3.80. The molecule has 1 aliphatic heterocycles. The Labute approximate surface area is 189 Å². The first-order chi connectivity index (χ1) is 15.4. The average molecular weight is 450 g/mol. The first kappa shape index (κ1) is 21.5. The molecule has 0 aliphatic carbocycles. The number of nitrogens with one attached hydrogen (secondary N) is 3. The molecule has 3 amide bonds. The molecule has 0 saturated carbocycles. The van der Waals surface area contributed by atoms with Crippen LogP contribution in [0, 0.1) is 6.92 Å². The summed E-state index contributed by atoms with van der Waals surface area (Å²) in [5.74, 6) is -0.677. The number of carbonyl (C=O) groups excluding carboxylic acids is 3. The van der Waals surface area contributed by atoms with Gasteiger partial charge in [-0.05, 0) is 43.3 Å². The Morgan fingerprint density at radius 3 is 2.44 bits per heavy atom. The van der Waals surface area contributed by atoms with Gasteiger partial charge in [0.2, 0.25) is 17.7 Å². The number of benzene rings is 2. The number of thiazole rings is 1. The largest absolute Gasteiger partial charge is 0.351 e. The number of hydrogen-bond donors (Lipinski definition) is 3. The van der Waals surface area contributed by atoms with Gasteiger partial charge in [0.25, 0.3) is 0 Å². The van der Waals surface area contributed by atoms with E-state index in [1.54, 1.807) is 35.6 Å². The molecular formula is C23H23N5O3S. The first-order valence-electron chi connectivity index (χ1n) is 10.1. The summed E-state index contributed by atoms with van der Waals surface area (Å²) in [4.78, 5) is 43.3. The van der Waals surface area contributed by atoms with Gasteiger partial charge < -0.3 is 20.9 Å². The number of hydrogen-bond acceptors (Lipinski definition) is 6. The minimum Gasteiger partial charge on any atom is -0.351 e. The molecular weight excluding hydrogens is 426 g/mol. The number of amides is 3. The fourth-order valence-corrected chi connectivity index (χ4v) is 4.24. The zero-order chi connectivity index (χ0) is 22.7. The van der Waals surface area contributed by atoms with Crippen LogP contribution in [0.2, 0.25) is 0 Å². The zero-order valence-corrected chi connectivity index (χ0v) is 18.5. The van der Waals surface area contributed by atoms with E-state index in [9.17, 15) is 14.4 Å². The van der Waals surface area contributed by atoms with Crippen molar-refractivity contribution in [2.75, 3.05) is 20.9 Å². The van der Waals surface area contributed by atoms with Crippen molar-refractivity contribution in [1.82, 2.24) is 4.98 Å². The van der Waals surface area contributed by atoms with Gasteiger partial charge in [-0.2, -0.15) is 0 Å². The summed E-state index contributed by atoms with van der Waals surface area (Å²) >= 11 is 1.55. The van der Waals surface area contributed by atoms with Gasteiger partial charge in [0.05, 0.1) is 35.0 Å². The highest BCUT2D eigenvalue weighted by Gasteiger charge is 2.34. The van der Waals surface area contributed by atoms with Crippen LogP contribution in [-0.2, 0) is 20.9 Å². The maximum Gasteiger partial charge on any atom is 0.247 e. The van der Waals surface area contributed by atoms with E-state index in [2.05, 4.69) is 20.9 Å². The van der Waals surface area contributed by atoms with Gasteiger partial charge in [-0.3, -0.25) is 14.4 Å². The molecule has 1 atom stereocenters. The Morgan fingerprint density at radius 1 is 1.09 bits per heavy atom. The van der Waals surface area contributed by atoms with E-state index in [0.717, 1.165) is 22.1 Å². The number of aromatic nitrogens is 1. The Morgan fingerprint density at radius 2 is 1.78 bits per heavy atom. The third kappa shape index (κ3) is 4.94. The smallest absolute Gasteiger partial charge is 0.247 e. The fraction of sp³-hybridized carbons (Fsp3) is 0.217. The highest BCUT2D eigenvalue weighted by Crippen LogP contribution is 2.34. The quantitative estimate of drug-likeness (QED) is 0.532. The van der Waals surface area contributed by atoms with Crippen LogP contribution in [0.15, 0.2) is 53.9 Å². The van der Waals surface area contributed by atoms with Gasteiger partial charge in [0.15, 0.2) is 0 Å². The van der Waals surface area contributed by atoms with Gasteiger partial charge in [0, 0.05) is 23.7 Å². The van der Waals surface area contributed by atoms with Crippen LogP contribution < -0.4 is 20.9 Å². The molecule has 9 heteroatoms. The molecule has 2 heterocycles. The van der Waals surface area contributed by atoms with Crippen LogP contribution in [0.4, 0.5) is 22.7 Å². The summed E-state index contributed by atoms with van der Waals surface area (Å²) in [6.07, 6.45) is -0.0171. The lowest BCUT2D eigenvalue weighted by Crippen LogP contribution is -2.49. The van der Waals surface area contributed by atoms with Crippen LogP contribution in [0.3, 0.4) is 0 Å². The summed E-state index contributed by atoms with van der Waals surface area (Å²) in [5.41, 5.74) is 3.66. The number of rotatable bonds is 6.